The van der Waals surface area contributed by atoms with E-state index in [9.17, 15) is 13.2 Å². The lowest BCUT2D eigenvalue weighted by Gasteiger charge is -2.35. The van der Waals surface area contributed by atoms with E-state index in [2.05, 4.69) is 15.0 Å². The Hall–Kier alpha value is -1.64. The van der Waals surface area contributed by atoms with Gasteiger partial charge in [0, 0.05) is 6.04 Å². The van der Waals surface area contributed by atoms with Crippen LogP contribution >= 0.6 is 12.4 Å². The Morgan fingerprint density at radius 3 is 2.52 bits per heavy atom. The smallest absolute Gasteiger partial charge is 0.338 e. The quantitative estimate of drug-likeness (QED) is 0.881. The topological polar surface area (TPSA) is 68.2 Å². The van der Waals surface area contributed by atoms with Crippen molar-refractivity contribution in [3.8, 4) is 0 Å². The number of likely N-dealkylation sites (tertiary alicyclic amines) is 1. The SMILES string of the molecule is Cl.NCc1nc(CN2CCCCC2c2ccc(C(F)(F)F)cc2)no1. The van der Waals surface area contributed by atoms with Crippen molar-refractivity contribution >= 4 is 12.4 Å². The highest BCUT2D eigenvalue weighted by Gasteiger charge is 2.31. The molecule has 2 aromatic rings. The highest BCUT2D eigenvalue weighted by Crippen LogP contribution is 2.34. The number of hydrogen-bond acceptors (Lipinski definition) is 5. The molecule has 1 saturated heterocycles. The lowest BCUT2D eigenvalue weighted by molar-refractivity contribution is -0.137. The molecule has 1 unspecified atom stereocenters. The Morgan fingerprint density at radius 1 is 1.20 bits per heavy atom. The molecule has 0 aliphatic carbocycles. The third kappa shape index (κ3) is 4.71. The zero-order chi connectivity index (χ0) is 17.2. The van der Waals surface area contributed by atoms with Crippen molar-refractivity contribution in [3.05, 3.63) is 47.1 Å². The number of rotatable bonds is 4. The zero-order valence-electron chi connectivity index (χ0n) is 13.5. The van der Waals surface area contributed by atoms with E-state index in [1.54, 1.807) is 12.1 Å². The first kappa shape index (κ1) is 19.7. The average molecular weight is 377 g/mol. The number of benzene rings is 1. The molecule has 1 aromatic carbocycles. The van der Waals surface area contributed by atoms with E-state index in [-0.39, 0.29) is 25.0 Å². The molecule has 25 heavy (non-hydrogen) atoms. The molecule has 9 heteroatoms. The van der Waals surface area contributed by atoms with Gasteiger partial charge in [0.05, 0.1) is 18.7 Å². The van der Waals surface area contributed by atoms with Crippen LogP contribution in [-0.2, 0) is 19.3 Å². The molecule has 3 rings (SSSR count). The number of nitrogens with zero attached hydrogens (tertiary/aromatic N) is 3. The zero-order valence-corrected chi connectivity index (χ0v) is 14.3. The highest BCUT2D eigenvalue weighted by atomic mass is 35.5. The molecule has 1 aliphatic heterocycles. The first-order chi connectivity index (χ1) is 11.5. The van der Waals surface area contributed by atoms with Gasteiger partial charge in [-0.25, -0.2) is 0 Å². The number of nitrogens with two attached hydrogens (primary N) is 1. The van der Waals surface area contributed by atoms with Gasteiger partial charge in [-0.15, -0.1) is 12.4 Å². The Bertz CT molecular complexity index is 675. The van der Waals surface area contributed by atoms with Crippen molar-refractivity contribution in [2.45, 2.75) is 44.6 Å². The fraction of sp³-hybridized carbons (Fsp3) is 0.500. The van der Waals surface area contributed by atoms with Crippen molar-refractivity contribution in [1.82, 2.24) is 15.0 Å². The molecule has 0 spiro atoms. The maximum absolute atomic E-state index is 12.7. The van der Waals surface area contributed by atoms with Crippen LogP contribution in [0.15, 0.2) is 28.8 Å². The summed E-state index contributed by atoms with van der Waals surface area (Å²) in [6, 6.07) is 5.47. The van der Waals surface area contributed by atoms with Gasteiger partial charge in [-0.2, -0.15) is 18.2 Å². The van der Waals surface area contributed by atoms with E-state index in [0.717, 1.165) is 43.5 Å². The van der Waals surface area contributed by atoms with Crippen LogP contribution in [0, 0.1) is 0 Å². The molecule has 0 amide bonds. The number of aromatic nitrogens is 2. The Labute approximate surface area is 149 Å². The average Bonchev–Trinajstić information content (AvgIpc) is 3.02. The van der Waals surface area contributed by atoms with E-state index in [1.807, 2.05) is 0 Å². The van der Waals surface area contributed by atoms with Gasteiger partial charge in [0.25, 0.3) is 0 Å². The maximum atomic E-state index is 12.7. The number of hydrogen-bond donors (Lipinski definition) is 1. The summed E-state index contributed by atoms with van der Waals surface area (Å²) in [5.41, 5.74) is 5.72. The molecule has 2 heterocycles. The minimum absolute atomic E-state index is 0. The second-order valence-corrected chi connectivity index (χ2v) is 5.91. The van der Waals surface area contributed by atoms with Gasteiger partial charge in [0.1, 0.15) is 0 Å². The summed E-state index contributed by atoms with van der Waals surface area (Å²) in [7, 11) is 0. The lowest BCUT2D eigenvalue weighted by Crippen LogP contribution is -2.33. The van der Waals surface area contributed by atoms with Gasteiger partial charge in [0.15, 0.2) is 5.82 Å². The van der Waals surface area contributed by atoms with Crippen molar-refractivity contribution in [2.24, 2.45) is 5.73 Å². The third-order valence-corrected chi connectivity index (χ3v) is 4.27. The monoisotopic (exact) mass is 376 g/mol. The molecule has 0 saturated carbocycles. The normalized spacial score (nSPS) is 18.8. The predicted octanol–water partition coefficient (Wildman–Crippen LogP) is 3.70. The van der Waals surface area contributed by atoms with Crippen LogP contribution in [0.5, 0.6) is 0 Å². The van der Waals surface area contributed by atoms with Gasteiger partial charge in [-0.3, -0.25) is 4.90 Å². The molecule has 1 fully saturated rings. The molecule has 1 aliphatic rings. The second kappa shape index (κ2) is 8.16. The summed E-state index contributed by atoms with van der Waals surface area (Å²) in [5.74, 6) is 0.933. The van der Waals surface area contributed by atoms with Gasteiger partial charge in [-0.05, 0) is 37.1 Å². The largest absolute Gasteiger partial charge is 0.416 e. The number of alkyl halides is 3. The van der Waals surface area contributed by atoms with Crippen molar-refractivity contribution in [2.75, 3.05) is 6.54 Å². The number of halogens is 4. The van der Waals surface area contributed by atoms with Crippen LogP contribution in [-0.4, -0.2) is 21.6 Å². The molecule has 2 N–H and O–H groups in total. The Morgan fingerprint density at radius 2 is 1.92 bits per heavy atom. The predicted molar refractivity (Wildman–Crippen MR) is 87.9 cm³/mol. The van der Waals surface area contributed by atoms with Crippen LogP contribution in [0.25, 0.3) is 0 Å². The fourth-order valence-corrected chi connectivity index (χ4v) is 3.07. The second-order valence-electron chi connectivity index (χ2n) is 5.91. The summed E-state index contributed by atoms with van der Waals surface area (Å²) in [5, 5.41) is 3.90. The van der Waals surface area contributed by atoms with E-state index in [1.165, 1.54) is 0 Å². The van der Waals surface area contributed by atoms with Gasteiger partial charge in [0.2, 0.25) is 5.89 Å². The first-order valence-electron chi connectivity index (χ1n) is 7.90. The number of piperidine rings is 1. The first-order valence-corrected chi connectivity index (χ1v) is 7.90. The highest BCUT2D eigenvalue weighted by molar-refractivity contribution is 5.85. The molecule has 1 atom stereocenters. The summed E-state index contributed by atoms with van der Waals surface area (Å²) >= 11 is 0. The van der Waals surface area contributed by atoms with Crippen LogP contribution in [0.4, 0.5) is 13.2 Å². The van der Waals surface area contributed by atoms with E-state index < -0.39 is 11.7 Å². The molecule has 138 valence electrons. The van der Waals surface area contributed by atoms with Crippen molar-refractivity contribution < 1.29 is 17.7 Å². The minimum atomic E-state index is -4.31. The van der Waals surface area contributed by atoms with E-state index >= 15 is 0 Å². The summed E-state index contributed by atoms with van der Waals surface area (Å²) in [6.45, 7) is 1.53. The molecular weight excluding hydrogens is 357 g/mol. The minimum Gasteiger partial charge on any atom is -0.338 e. The standard InChI is InChI=1S/C16H19F3N4O.ClH/c17-16(18,19)12-6-4-11(5-7-12)13-3-1-2-8-23(13)10-14-21-15(9-20)24-22-14;/h4-7,13H,1-3,8-10,20H2;1H. The van der Waals surface area contributed by atoms with Crippen LogP contribution in [0.3, 0.4) is 0 Å². The van der Waals surface area contributed by atoms with E-state index in [4.69, 9.17) is 10.3 Å². The third-order valence-electron chi connectivity index (χ3n) is 4.27. The van der Waals surface area contributed by atoms with E-state index in [0.29, 0.717) is 18.3 Å². The maximum Gasteiger partial charge on any atom is 0.416 e. The Kier molecular flexibility index (Phi) is 6.42. The lowest BCUT2D eigenvalue weighted by atomic mass is 9.94. The van der Waals surface area contributed by atoms with Crippen LogP contribution in [0.2, 0.25) is 0 Å². The van der Waals surface area contributed by atoms with Gasteiger partial charge < -0.3 is 10.3 Å². The van der Waals surface area contributed by atoms with Crippen molar-refractivity contribution in [1.29, 1.82) is 0 Å². The van der Waals surface area contributed by atoms with Gasteiger partial charge >= 0.3 is 6.18 Å². The fourth-order valence-electron chi connectivity index (χ4n) is 3.07. The Balaban J connectivity index is 0.00000225. The molecular formula is C16H20ClF3N4O. The summed E-state index contributed by atoms with van der Waals surface area (Å²) < 4.78 is 43.2. The molecule has 0 radical (unpaired) electrons. The summed E-state index contributed by atoms with van der Waals surface area (Å²) in [4.78, 5) is 6.38. The molecule has 5 nitrogen and oxygen atoms in total. The van der Waals surface area contributed by atoms with Gasteiger partial charge in [-0.1, -0.05) is 23.7 Å². The summed E-state index contributed by atoms with van der Waals surface area (Å²) in [6.07, 6.45) is -1.33. The van der Waals surface area contributed by atoms with Crippen LogP contribution in [0.1, 0.15) is 48.1 Å². The molecule has 1 aromatic heterocycles. The van der Waals surface area contributed by atoms with Crippen molar-refractivity contribution in [3.63, 3.8) is 0 Å². The molecule has 0 bridgehead atoms. The van der Waals surface area contributed by atoms with Crippen LogP contribution < -0.4 is 5.73 Å².